The van der Waals surface area contributed by atoms with E-state index in [-0.39, 0.29) is 5.91 Å². The molecule has 0 unspecified atom stereocenters. The van der Waals surface area contributed by atoms with Gasteiger partial charge in [0.2, 0.25) is 0 Å². The fourth-order valence-electron chi connectivity index (χ4n) is 2.65. The Labute approximate surface area is 120 Å². The number of amides is 1. The molecule has 4 rings (SSSR count). The summed E-state index contributed by atoms with van der Waals surface area (Å²) < 4.78 is 3.54. The van der Waals surface area contributed by atoms with Crippen LogP contribution in [0.1, 0.15) is 28.9 Å². The molecule has 106 valence electrons. The smallest absolute Gasteiger partial charge is 0.262 e. The topological polar surface area (TPSA) is 77.1 Å². The minimum atomic E-state index is -0.237. The Morgan fingerprint density at radius 3 is 3.19 bits per heavy atom. The molecule has 0 atom stereocenters. The molecule has 7 nitrogen and oxygen atoms in total. The number of hydrogen-bond donors (Lipinski definition) is 1. The molecule has 0 radical (unpaired) electrons. The largest absolute Gasteiger partial charge is 0.305 e. The zero-order chi connectivity index (χ0) is 14.2. The first-order valence-corrected chi connectivity index (χ1v) is 6.98. The first-order valence-electron chi connectivity index (χ1n) is 6.98. The predicted octanol–water partition coefficient (Wildman–Crippen LogP) is 1.51. The molecule has 7 heteroatoms. The minimum Gasteiger partial charge on any atom is -0.305 e. The van der Waals surface area contributed by atoms with Gasteiger partial charge in [-0.05, 0) is 25.3 Å². The van der Waals surface area contributed by atoms with Crippen molar-refractivity contribution in [1.29, 1.82) is 0 Å². The molecule has 0 bridgehead atoms. The highest BCUT2D eigenvalue weighted by Gasteiger charge is 2.17. The molecule has 1 amide bonds. The van der Waals surface area contributed by atoms with Crippen molar-refractivity contribution in [3.63, 3.8) is 0 Å². The minimum absolute atomic E-state index is 0.237. The molecule has 0 aromatic carbocycles. The molecule has 4 heterocycles. The summed E-state index contributed by atoms with van der Waals surface area (Å²) in [5, 5.41) is 11.4. The van der Waals surface area contributed by atoms with Crippen molar-refractivity contribution in [1.82, 2.24) is 24.4 Å². The maximum Gasteiger partial charge on any atom is 0.262 e. The lowest BCUT2D eigenvalue weighted by Crippen LogP contribution is -2.13. The molecular formula is C14H14N6O. The van der Waals surface area contributed by atoms with Gasteiger partial charge in [-0.15, -0.1) is 0 Å². The summed E-state index contributed by atoms with van der Waals surface area (Å²) in [5.74, 6) is 0.353. The lowest BCUT2D eigenvalue weighted by atomic mass is 10.1. The summed E-state index contributed by atoms with van der Waals surface area (Å²) in [6, 6.07) is 3.71. The van der Waals surface area contributed by atoms with Crippen LogP contribution < -0.4 is 5.32 Å². The van der Waals surface area contributed by atoms with E-state index in [1.54, 1.807) is 23.0 Å². The highest BCUT2D eigenvalue weighted by molar-refractivity contribution is 6.07. The van der Waals surface area contributed by atoms with Crippen LogP contribution in [-0.4, -0.2) is 30.3 Å². The van der Waals surface area contributed by atoms with Crippen molar-refractivity contribution < 1.29 is 4.79 Å². The van der Waals surface area contributed by atoms with E-state index >= 15 is 0 Å². The van der Waals surface area contributed by atoms with Gasteiger partial charge in [-0.3, -0.25) is 9.48 Å². The molecule has 3 aromatic rings. The van der Waals surface area contributed by atoms with E-state index in [9.17, 15) is 4.79 Å². The van der Waals surface area contributed by atoms with Crippen LogP contribution in [0, 0.1) is 0 Å². The van der Waals surface area contributed by atoms with Crippen molar-refractivity contribution in [3.8, 4) is 0 Å². The van der Waals surface area contributed by atoms with Crippen LogP contribution in [0.2, 0.25) is 0 Å². The third kappa shape index (κ3) is 2.06. The standard InChI is InChI=1S/C14H14N6O/c21-14(11-9-16-20-7-3-5-15-13(11)20)17-12-8-10-4-1-2-6-19(10)18-12/h3,5,7-9H,1-2,4,6H2,(H,17,18,21). The van der Waals surface area contributed by atoms with Crippen molar-refractivity contribution in [2.45, 2.75) is 25.8 Å². The van der Waals surface area contributed by atoms with E-state index in [2.05, 4.69) is 20.5 Å². The van der Waals surface area contributed by atoms with Gasteiger partial charge in [-0.1, -0.05) is 0 Å². The van der Waals surface area contributed by atoms with E-state index in [0.29, 0.717) is 17.0 Å². The van der Waals surface area contributed by atoms with E-state index in [1.807, 2.05) is 10.7 Å². The van der Waals surface area contributed by atoms with Crippen LogP contribution >= 0.6 is 0 Å². The summed E-state index contributed by atoms with van der Waals surface area (Å²) in [5.41, 5.74) is 2.16. The number of hydrogen-bond acceptors (Lipinski definition) is 4. The zero-order valence-corrected chi connectivity index (χ0v) is 11.4. The number of anilines is 1. The highest BCUT2D eigenvalue weighted by atomic mass is 16.1. The number of nitrogens with one attached hydrogen (secondary N) is 1. The Balaban J connectivity index is 1.62. The van der Waals surface area contributed by atoms with Gasteiger partial charge in [-0.25, -0.2) is 9.50 Å². The average Bonchev–Trinajstić information content (AvgIpc) is 3.10. The second-order valence-electron chi connectivity index (χ2n) is 5.10. The molecule has 0 aliphatic carbocycles. The van der Waals surface area contributed by atoms with Crippen molar-refractivity contribution in [3.05, 3.63) is 42.0 Å². The first kappa shape index (κ1) is 12.1. The van der Waals surface area contributed by atoms with E-state index in [4.69, 9.17) is 0 Å². The number of aryl methyl sites for hydroxylation is 2. The fourth-order valence-corrected chi connectivity index (χ4v) is 2.65. The quantitative estimate of drug-likeness (QED) is 0.773. The molecule has 0 fully saturated rings. The lowest BCUT2D eigenvalue weighted by Gasteiger charge is -2.11. The number of rotatable bonds is 2. The summed E-state index contributed by atoms with van der Waals surface area (Å²) in [7, 11) is 0. The molecule has 1 aliphatic heterocycles. The Bertz CT molecular complexity index is 794. The van der Waals surface area contributed by atoms with Crippen LogP contribution in [0.5, 0.6) is 0 Å². The van der Waals surface area contributed by atoms with Crippen molar-refractivity contribution in [2.75, 3.05) is 5.32 Å². The molecule has 0 spiro atoms. The number of nitrogens with zero attached hydrogens (tertiary/aromatic N) is 5. The van der Waals surface area contributed by atoms with Crippen LogP contribution in [0.25, 0.3) is 5.65 Å². The molecule has 0 saturated carbocycles. The molecule has 1 N–H and O–H groups in total. The fraction of sp³-hybridized carbons (Fsp3) is 0.286. The van der Waals surface area contributed by atoms with Crippen LogP contribution in [0.4, 0.5) is 5.82 Å². The first-order chi connectivity index (χ1) is 10.3. The summed E-state index contributed by atoms with van der Waals surface area (Å²) >= 11 is 0. The van der Waals surface area contributed by atoms with Gasteiger partial charge in [0.25, 0.3) is 5.91 Å². The van der Waals surface area contributed by atoms with Gasteiger partial charge in [0.1, 0.15) is 5.56 Å². The molecule has 0 saturated heterocycles. The van der Waals surface area contributed by atoms with Crippen molar-refractivity contribution in [2.24, 2.45) is 0 Å². The zero-order valence-electron chi connectivity index (χ0n) is 11.4. The van der Waals surface area contributed by atoms with Crippen LogP contribution in [-0.2, 0) is 13.0 Å². The second-order valence-corrected chi connectivity index (χ2v) is 5.10. The van der Waals surface area contributed by atoms with Gasteiger partial charge in [0.15, 0.2) is 11.5 Å². The monoisotopic (exact) mass is 282 g/mol. The Hall–Kier alpha value is -2.70. The SMILES string of the molecule is O=C(Nc1cc2n(n1)CCCC2)c1cnn2cccnc12. The van der Waals surface area contributed by atoms with Gasteiger partial charge in [0.05, 0.1) is 6.20 Å². The normalized spacial score (nSPS) is 14.1. The molecule has 21 heavy (non-hydrogen) atoms. The number of fused-ring (bicyclic) bond motifs is 2. The maximum absolute atomic E-state index is 12.3. The van der Waals surface area contributed by atoms with Gasteiger partial charge in [0, 0.05) is 30.7 Å². The highest BCUT2D eigenvalue weighted by Crippen LogP contribution is 2.18. The Kier molecular flexibility index (Phi) is 2.70. The van der Waals surface area contributed by atoms with Gasteiger partial charge >= 0.3 is 0 Å². The van der Waals surface area contributed by atoms with Crippen LogP contribution in [0.15, 0.2) is 30.7 Å². The van der Waals surface area contributed by atoms with E-state index < -0.39 is 0 Å². The third-order valence-corrected chi connectivity index (χ3v) is 3.68. The summed E-state index contributed by atoms with van der Waals surface area (Å²) in [4.78, 5) is 16.5. The number of aromatic nitrogens is 5. The molecule has 1 aliphatic rings. The second kappa shape index (κ2) is 4.69. The number of carbonyl (C=O) groups is 1. The lowest BCUT2D eigenvalue weighted by molar-refractivity contribution is 0.102. The van der Waals surface area contributed by atoms with E-state index in [1.165, 1.54) is 18.3 Å². The van der Waals surface area contributed by atoms with Crippen molar-refractivity contribution >= 4 is 17.4 Å². The van der Waals surface area contributed by atoms with E-state index in [0.717, 1.165) is 19.4 Å². The third-order valence-electron chi connectivity index (χ3n) is 3.68. The summed E-state index contributed by atoms with van der Waals surface area (Å²) in [6.07, 6.45) is 8.25. The maximum atomic E-state index is 12.3. The Morgan fingerprint density at radius 2 is 2.29 bits per heavy atom. The molecular weight excluding hydrogens is 268 g/mol. The van der Waals surface area contributed by atoms with Gasteiger partial charge in [-0.2, -0.15) is 10.2 Å². The Morgan fingerprint density at radius 1 is 1.33 bits per heavy atom. The van der Waals surface area contributed by atoms with Gasteiger partial charge < -0.3 is 5.32 Å². The van der Waals surface area contributed by atoms with Crippen LogP contribution in [0.3, 0.4) is 0 Å². The molecule has 3 aromatic heterocycles. The predicted molar refractivity (Wildman–Crippen MR) is 76.1 cm³/mol. The average molecular weight is 282 g/mol. The summed E-state index contributed by atoms with van der Waals surface area (Å²) in [6.45, 7) is 0.920. The number of carbonyl (C=O) groups excluding carboxylic acids is 1.